The van der Waals surface area contributed by atoms with Crippen LogP contribution in [0.3, 0.4) is 0 Å². The van der Waals surface area contributed by atoms with Gasteiger partial charge in [-0.2, -0.15) is 0 Å². The monoisotopic (exact) mass is 471 g/mol. The molecule has 4 bridgehead atoms. The topological polar surface area (TPSA) is 46.2 Å². The molecule has 0 aromatic heterocycles. The van der Waals surface area contributed by atoms with Crippen LogP contribution in [-0.2, 0) is 11.2 Å². The molecule has 2 aromatic carbocycles. The molecule has 1 N–H and O–H groups in total. The van der Waals surface area contributed by atoms with Crippen molar-refractivity contribution >= 4 is 53.7 Å². The van der Waals surface area contributed by atoms with E-state index in [-0.39, 0.29) is 14.8 Å². The van der Waals surface area contributed by atoms with E-state index in [9.17, 15) is 18.4 Å². The van der Waals surface area contributed by atoms with E-state index in [0.29, 0.717) is 12.0 Å². The Balaban J connectivity index is 1.54. The van der Waals surface area contributed by atoms with Crippen LogP contribution in [0.4, 0.5) is 13.6 Å². The van der Waals surface area contributed by atoms with Crippen molar-refractivity contribution in [3.05, 3.63) is 68.1 Å². The molecule has 3 heterocycles. The van der Waals surface area contributed by atoms with Gasteiger partial charge in [-0.25, -0.2) is 0 Å². The summed E-state index contributed by atoms with van der Waals surface area (Å²) in [4.78, 5) is 24.0. The van der Waals surface area contributed by atoms with Crippen molar-refractivity contribution in [3.8, 4) is 0 Å². The van der Waals surface area contributed by atoms with Crippen molar-refractivity contribution in [2.75, 3.05) is 0 Å². The van der Waals surface area contributed by atoms with Crippen LogP contribution < -0.4 is 8.64 Å². The predicted octanol–water partition coefficient (Wildman–Crippen LogP) is 2.83. The number of halogens is 2. The van der Waals surface area contributed by atoms with Crippen LogP contribution in [0.25, 0.3) is 6.08 Å². The number of nitrogens with one attached hydrogen (secondary N) is 1. The number of benzene rings is 2. The van der Waals surface area contributed by atoms with Gasteiger partial charge in [-0.3, -0.25) is 0 Å². The number of carbonyl (C=O) groups is 2. The van der Waals surface area contributed by atoms with Crippen LogP contribution in [0.2, 0.25) is 0 Å². The first-order valence-corrected chi connectivity index (χ1v) is 14.4. The molecule has 2 unspecified atom stereocenters. The second-order valence-corrected chi connectivity index (χ2v) is 16.6. The molecule has 2 amide bonds. The third-order valence-corrected chi connectivity index (χ3v) is 18.2. The fourth-order valence-corrected chi connectivity index (χ4v) is 18.7. The Labute approximate surface area is 160 Å². The fourth-order valence-electron chi connectivity index (χ4n) is 4.42. The summed E-state index contributed by atoms with van der Waals surface area (Å²) in [6, 6.07) is 10.4. The van der Waals surface area contributed by atoms with Gasteiger partial charge in [-0.15, -0.1) is 0 Å². The quantitative estimate of drug-likeness (QED) is 0.750. The molecule has 3 aliphatic heterocycles. The number of allylic oxidation sites excluding steroid dienone is 1. The molecule has 1 fully saturated rings. The van der Waals surface area contributed by atoms with Crippen LogP contribution in [0.5, 0.6) is 0 Å². The number of carbonyl (C=O) groups excluding carboxylic acids is 2. The summed E-state index contributed by atoms with van der Waals surface area (Å²) in [5.41, 5.74) is 2.65. The zero-order valence-electron chi connectivity index (χ0n) is 13.5. The molecule has 0 radical (unpaired) electrons. The van der Waals surface area contributed by atoms with Gasteiger partial charge in [0.2, 0.25) is 0 Å². The van der Waals surface area contributed by atoms with E-state index in [0.717, 1.165) is 29.0 Å². The minimum absolute atomic E-state index is 0.0601. The van der Waals surface area contributed by atoms with E-state index in [1.165, 1.54) is 12.7 Å². The second-order valence-electron chi connectivity index (χ2n) is 6.78. The molecule has 0 aliphatic carbocycles. The van der Waals surface area contributed by atoms with E-state index in [1.807, 2.05) is 12.1 Å². The number of imide groups is 1. The van der Waals surface area contributed by atoms with Crippen LogP contribution in [0, 0.1) is 11.6 Å². The Morgan fingerprint density at radius 2 is 1.92 bits per heavy atom. The molecule has 5 rings (SSSR count). The molecule has 3 nitrogen and oxygen atoms in total. The van der Waals surface area contributed by atoms with Crippen molar-refractivity contribution in [2.24, 2.45) is 0 Å². The molecule has 0 saturated carbocycles. The van der Waals surface area contributed by atoms with Gasteiger partial charge in [-0.1, -0.05) is 0 Å². The van der Waals surface area contributed by atoms with Gasteiger partial charge in [0.25, 0.3) is 0 Å². The van der Waals surface area contributed by atoms with Gasteiger partial charge in [-0.05, 0) is 0 Å². The van der Waals surface area contributed by atoms with Gasteiger partial charge < -0.3 is 0 Å². The van der Waals surface area contributed by atoms with Crippen molar-refractivity contribution in [1.29, 1.82) is 0 Å². The SMILES string of the molecule is O=C1NC(=O)C([CH]2c3ccc[c]4c3C=[C](Cc3cccc(F)c3F)[In]42)S1. The summed E-state index contributed by atoms with van der Waals surface area (Å²) in [6.07, 6.45) is 2.49. The first-order chi connectivity index (χ1) is 12.5. The standard InChI is InChI=1S/C19H12F2NO2S.In/c20-15-10-4-9-13(17(15)21)8-3-7-12-5-1-2-6-14(12)11-16-18(23)22-19(24)25-16;/h1-2,4,6-7,9-11,16H,8H2,(H,22,23,24);. The average Bonchev–Trinajstić information content (AvgIpc) is 3.18. The number of hydrogen-bond donors (Lipinski definition) is 1. The van der Waals surface area contributed by atoms with E-state index in [2.05, 4.69) is 17.5 Å². The maximum absolute atomic E-state index is 14.1. The molecule has 26 heavy (non-hydrogen) atoms. The van der Waals surface area contributed by atoms with Gasteiger partial charge >= 0.3 is 161 Å². The van der Waals surface area contributed by atoms with Crippen LogP contribution in [-0.4, -0.2) is 37.8 Å². The van der Waals surface area contributed by atoms with E-state index < -0.39 is 38.3 Å². The van der Waals surface area contributed by atoms with E-state index >= 15 is 0 Å². The Morgan fingerprint density at radius 3 is 2.65 bits per heavy atom. The molecule has 128 valence electrons. The summed E-state index contributed by atoms with van der Waals surface area (Å²) in [7, 11) is 0. The minimum atomic E-state index is -2.67. The van der Waals surface area contributed by atoms with Gasteiger partial charge in [0.05, 0.1) is 0 Å². The van der Waals surface area contributed by atoms with Gasteiger partial charge in [0, 0.05) is 0 Å². The van der Waals surface area contributed by atoms with Gasteiger partial charge in [0.15, 0.2) is 0 Å². The van der Waals surface area contributed by atoms with Crippen LogP contribution in [0.15, 0.2) is 39.7 Å². The van der Waals surface area contributed by atoms with E-state index in [1.54, 1.807) is 6.07 Å². The summed E-state index contributed by atoms with van der Waals surface area (Å²) in [5.74, 6) is -1.86. The predicted molar refractivity (Wildman–Crippen MR) is 97.5 cm³/mol. The first-order valence-electron chi connectivity index (χ1n) is 8.32. The average molecular weight is 471 g/mol. The summed E-state index contributed by atoms with van der Waals surface area (Å²) in [6.45, 7) is 0. The fraction of sp³-hybridized carbons (Fsp3) is 0.158. The van der Waals surface area contributed by atoms with E-state index in [4.69, 9.17) is 0 Å². The number of amides is 2. The number of thioether (sulfide) groups is 1. The molecular weight excluding hydrogens is 459 g/mol. The Hall–Kier alpha value is -1.60. The molecule has 2 aromatic rings. The number of rotatable bonds is 3. The normalized spacial score (nSPS) is 22.8. The number of hydrogen-bond acceptors (Lipinski definition) is 3. The Morgan fingerprint density at radius 1 is 1.12 bits per heavy atom. The van der Waals surface area contributed by atoms with Crippen LogP contribution in [0.1, 0.15) is 20.4 Å². The maximum atomic E-state index is 14.1. The summed E-state index contributed by atoms with van der Waals surface area (Å²) in [5, 5.41) is 1.69. The zero-order chi connectivity index (χ0) is 18.0. The molecule has 2 atom stereocenters. The van der Waals surface area contributed by atoms with Crippen molar-refractivity contribution in [1.82, 2.24) is 5.32 Å². The molecule has 1 saturated heterocycles. The second kappa shape index (κ2) is 5.96. The van der Waals surface area contributed by atoms with Gasteiger partial charge in [0.1, 0.15) is 0 Å². The van der Waals surface area contributed by atoms with Crippen molar-refractivity contribution in [3.63, 3.8) is 0 Å². The molecule has 7 heteroatoms. The molecule has 0 spiro atoms. The third kappa shape index (κ3) is 2.33. The summed E-state index contributed by atoms with van der Waals surface area (Å²) >= 11 is -1.60. The molecule has 3 aliphatic rings. The van der Waals surface area contributed by atoms with Crippen molar-refractivity contribution < 1.29 is 18.4 Å². The molecular formula is C19H12F2InNO2S. The van der Waals surface area contributed by atoms with Crippen molar-refractivity contribution in [2.45, 2.75) is 15.3 Å². The van der Waals surface area contributed by atoms with Crippen LogP contribution >= 0.6 is 11.8 Å². The Kier molecular flexibility index (Phi) is 3.79. The first kappa shape index (κ1) is 16.6. The third-order valence-electron chi connectivity index (χ3n) is 5.43. The summed E-state index contributed by atoms with van der Waals surface area (Å²) < 4.78 is 30.3. The zero-order valence-corrected chi connectivity index (χ0v) is 17.6. The Bertz CT molecular complexity index is 1020.